The molecule has 4 rings (SSSR count). The summed E-state index contributed by atoms with van der Waals surface area (Å²) < 4.78 is 23.6. The molecule has 0 saturated carbocycles. The molecule has 0 radical (unpaired) electrons. The van der Waals surface area contributed by atoms with Crippen LogP contribution < -0.4 is 15.1 Å². The summed E-state index contributed by atoms with van der Waals surface area (Å²) in [6.45, 7) is 6.19. The van der Waals surface area contributed by atoms with E-state index in [9.17, 15) is 18.0 Å². The van der Waals surface area contributed by atoms with E-state index < -0.39 is 9.84 Å². The highest BCUT2D eigenvalue weighted by atomic mass is 32.2. The summed E-state index contributed by atoms with van der Waals surface area (Å²) in [5.41, 5.74) is 5.08. The summed E-state index contributed by atoms with van der Waals surface area (Å²) in [7, 11) is -3.30. The van der Waals surface area contributed by atoms with E-state index in [1.165, 1.54) is 13.2 Å². The van der Waals surface area contributed by atoms with E-state index in [4.69, 9.17) is 0 Å². The maximum atomic E-state index is 13.3. The molecular weight excluding hydrogens is 462 g/mol. The highest BCUT2D eigenvalue weighted by Crippen LogP contribution is 2.39. The normalized spacial score (nSPS) is 15.5. The maximum absolute atomic E-state index is 13.3. The van der Waals surface area contributed by atoms with Gasteiger partial charge < -0.3 is 10.2 Å². The lowest BCUT2D eigenvalue weighted by molar-refractivity contribution is -0.117. The summed E-state index contributed by atoms with van der Waals surface area (Å²) in [5.74, 6) is -0.0938. The van der Waals surface area contributed by atoms with Crippen LogP contribution in [-0.4, -0.2) is 39.2 Å². The van der Waals surface area contributed by atoms with E-state index in [0.29, 0.717) is 24.5 Å². The fourth-order valence-corrected chi connectivity index (χ4v) is 4.98. The third-order valence-electron chi connectivity index (χ3n) is 6.18. The zero-order chi connectivity index (χ0) is 25.3. The highest BCUT2D eigenvalue weighted by Gasteiger charge is 2.33. The molecule has 1 N–H and O–H groups in total. The number of hydrogen-bond acceptors (Lipinski definition) is 4. The van der Waals surface area contributed by atoms with Gasteiger partial charge in [-0.25, -0.2) is 13.2 Å². The van der Waals surface area contributed by atoms with Crippen LogP contribution in [0.25, 0.3) is 11.1 Å². The largest absolute Gasteiger partial charge is 0.334 e. The number of nitrogens with zero attached hydrogens (tertiary/aromatic N) is 2. The number of nitrogens with one attached hydrogen (secondary N) is 1. The minimum absolute atomic E-state index is 0.0938. The number of fused-ring (bicyclic) bond motifs is 1. The molecule has 0 aliphatic carbocycles. The van der Waals surface area contributed by atoms with Gasteiger partial charge in [0.1, 0.15) is 0 Å². The topological polar surface area (TPSA) is 86.8 Å². The Bertz CT molecular complexity index is 1370. The summed E-state index contributed by atoms with van der Waals surface area (Å²) in [6, 6.07) is 19.8. The fraction of sp³-hybridized carbons (Fsp3) is 0.259. The molecule has 1 aliphatic rings. The van der Waals surface area contributed by atoms with Crippen LogP contribution in [0, 0.1) is 6.92 Å². The van der Waals surface area contributed by atoms with Crippen molar-refractivity contribution in [2.45, 2.75) is 38.3 Å². The van der Waals surface area contributed by atoms with Crippen molar-refractivity contribution in [3.05, 3.63) is 77.9 Å². The second-order valence-electron chi connectivity index (χ2n) is 8.99. The SMILES string of the molecule is CC(=O)N1c2ccc(-c3ccc(S(C)(=O)=O)cc3)cc2N(C(=O)NCc2ccc(C)cc2)CC1C. The standard InChI is InChI=1S/C27H29N3O4S/c1-18-5-7-21(8-6-18)16-28-27(32)29-17-19(2)30(20(3)31)25-14-11-23(15-26(25)29)22-9-12-24(13-10-22)35(4,33)34/h5-15,19H,16-17H2,1-4H3,(H,28,32). The van der Waals surface area contributed by atoms with Crippen molar-refractivity contribution in [1.82, 2.24) is 5.32 Å². The van der Waals surface area contributed by atoms with Gasteiger partial charge in [0.15, 0.2) is 9.84 Å². The monoisotopic (exact) mass is 491 g/mol. The van der Waals surface area contributed by atoms with Crippen molar-refractivity contribution < 1.29 is 18.0 Å². The van der Waals surface area contributed by atoms with Crippen molar-refractivity contribution in [2.24, 2.45) is 0 Å². The maximum Gasteiger partial charge on any atom is 0.322 e. The Labute approximate surface area is 206 Å². The number of aryl methyl sites for hydroxylation is 1. The molecule has 182 valence electrons. The Morgan fingerprint density at radius 3 is 2.17 bits per heavy atom. The molecule has 8 heteroatoms. The van der Waals surface area contributed by atoms with Crippen molar-refractivity contribution in [3.8, 4) is 11.1 Å². The number of carbonyl (C=O) groups excluding carboxylic acids is 2. The number of urea groups is 1. The molecule has 0 saturated heterocycles. The summed E-state index contributed by atoms with van der Waals surface area (Å²) in [4.78, 5) is 29.3. The van der Waals surface area contributed by atoms with Crippen molar-refractivity contribution >= 4 is 33.2 Å². The van der Waals surface area contributed by atoms with E-state index in [2.05, 4.69) is 5.32 Å². The van der Waals surface area contributed by atoms with Gasteiger partial charge in [-0.05, 0) is 54.8 Å². The third kappa shape index (κ3) is 5.22. The van der Waals surface area contributed by atoms with E-state index in [0.717, 1.165) is 22.3 Å². The zero-order valence-electron chi connectivity index (χ0n) is 20.3. The molecule has 1 aliphatic heterocycles. The molecule has 0 fully saturated rings. The molecule has 0 bridgehead atoms. The van der Waals surface area contributed by atoms with E-state index in [1.54, 1.807) is 34.1 Å². The molecule has 35 heavy (non-hydrogen) atoms. The Morgan fingerprint density at radius 1 is 0.943 bits per heavy atom. The molecular formula is C27H29N3O4S. The van der Waals surface area contributed by atoms with E-state index >= 15 is 0 Å². The molecule has 3 aromatic carbocycles. The summed E-state index contributed by atoms with van der Waals surface area (Å²) in [5, 5.41) is 2.99. The first-order valence-corrected chi connectivity index (χ1v) is 13.3. The summed E-state index contributed by atoms with van der Waals surface area (Å²) in [6.07, 6.45) is 1.17. The van der Waals surface area contributed by atoms with Gasteiger partial charge in [0.05, 0.1) is 22.3 Å². The van der Waals surface area contributed by atoms with Crippen LogP contribution in [-0.2, 0) is 21.2 Å². The quantitative estimate of drug-likeness (QED) is 0.581. The number of amides is 3. The molecule has 1 heterocycles. The molecule has 3 amide bonds. The Kier molecular flexibility index (Phi) is 6.67. The second-order valence-corrected chi connectivity index (χ2v) is 11.0. The van der Waals surface area contributed by atoms with Crippen LogP contribution in [0.15, 0.2) is 71.6 Å². The number of carbonyl (C=O) groups is 2. The van der Waals surface area contributed by atoms with Gasteiger partial charge in [-0.3, -0.25) is 9.69 Å². The van der Waals surface area contributed by atoms with Gasteiger partial charge in [-0.15, -0.1) is 0 Å². The first-order chi connectivity index (χ1) is 16.5. The van der Waals surface area contributed by atoms with Crippen LogP contribution in [0.2, 0.25) is 0 Å². The van der Waals surface area contributed by atoms with Crippen LogP contribution in [0.5, 0.6) is 0 Å². The molecule has 0 aromatic heterocycles. The molecule has 1 unspecified atom stereocenters. The van der Waals surface area contributed by atoms with Gasteiger partial charge in [0.2, 0.25) is 5.91 Å². The van der Waals surface area contributed by atoms with Crippen LogP contribution in [0.1, 0.15) is 25.0 Å². The molecule has 1 atom stereocenters. The van der Waals surface area contributed by atoms with E-state index in [-0.39, 0.29) is 22.9 Å². The highest BCUT2D eigenvalue weighted by molar-refractivity contribution is 7.90. The average molecular weight is 492 g/mol. The number of rotatable bonds is 4. The number of hydrogen-bond donors (Lipinski definition) is 1. The summed E-state index contributed by atoms with van der Waals surface area (Å²) >= 11 is 0. The van der Waals surface area contributed by atoms with Crippen molar-refractivity contribution in [1.29, 1.82) is 0 Å². The predicted octanol–water partition coefficient (Wildman–Crippen LogP) is 4.54. The van der Waals surface area contributed by atoms with Crippen LogP contribution >= 0.6 is 0 Å². The minimum Gasteiger partial charge on any atom is -0.334 e. The second kappa shape index (κ2) is 9.54. The lowest BCUT2D eigenvalue weighted by atomic mass is 10.0. The van der Waals surface area contributed by atoms with Gasteiger partial charge in [-0.1, -0.05) is 48.0 Å². The zero-order valence-corrected chi connectivity index (χ0v) is 21.1. The lowest BCUT2D eigenvalue weighted by Crippen LogP contribution is -2.53. The Morgan fingerprint density at radius 2 is 1.57 bits per heavy atom. The first kappa shape index (κ1) is 24.5. The van der Waals surface area contributed by atoms with Crippen molar-refractivity contribution in [3.63, 3.8) is 0 Å². The Balaban J connectivity index is 1.68. The number of sulfone groups is 1. The van der Waals surface area contributed by atoms with Crippen LogP contribution in [0.4, 0.5) is 16.2 Å². The van der Waals surface area contributed by atoms with Gasteiger partial charge in [-0.2, -0.15) is 0 Å². The third-order valence-corrected chi connectivity index (χ3v) is 7.31. The average Bonchev–Trinajstić information content (AvgIpc) is 2.82. The smallest absolute Gasteiger partial charge is 0.322 e. The van der Waals surface area contributed by atoms with E-state index in [1.807, 2.05) is 56.3 Å². The lowest BCUT2D eigenvalue weighted by Gasteiger charge is -2.41. The predicted molar refractivity (Wildman–Crippen MR) is 138 cm³/mol. The number of benzene rings is 3. The first-order valence-electron chi connectivity index (χ1n) is 11.4. The number of anilines is 2. The Hall–Kier alpha value is -3.65. The van der Waals surface area contributed by atoms with Gasteiger partial charge >= 0.3 is 6.03 Å². The molecule has 7 nitrogen and oxygen atoms in total. The minimum atomic E-state index is -3.30. The van der Waals surface area contributed by atoms with Gasteiger partial charge in [0.25, 0.3) is 0 Å². The fourth-order valence-electron chi connectivity index (χ4n) is 4.35. The van der Waals surface area contributed by atoms with Crippen LogP contribution in [0.3, 0.4) is 0 Å². The van der Waals surface area contributed by atoms with Crippen molar-refractivity contribution in [2.75, 3.05) is 22.6 Å². The van der Waals surface area contributed by atoms with Gasteiger partial charge in [0, 0.05) is 26.3 Å². The molecule has 0 spiro atoms. The molecule has 3 aromatic rings.